The number of hydrogen-bond donors (Lipinski definition) is 1. The van der Waals surface area contributed by atoms with Gasteiger partial charge in [0, 0.05) is 13.1 Å². The summed E-state index contributed by atoms with van der Waals surface area (Å²) in [5.74, 6) is 0. The third-order valence-corrected chi connectivity index (χ3v) is 4.83. The summed E-state index contributed by atoms with van der Waals surface area (Å²) < 4.78 is 0. The number of nitrogens with one attached hydrogen (secondary N) is 1. The van der Waals surface area contributed by atoms with Crippen LogP contribution in [0, 0.1) is 0 Å². The minimum atomic E-state index is -0.0869. The Kier molecular flexibility index (Phi) is 6.12. The number of hydrogen-bond acceptors (Lipinski definition) is 3. The molecule has 2 aromatic rings. The molecule has 3 rings (SSSR count). The molecule has 0 bridgehead atoms. The third-order valence-electron chi connectivity index (χ3n) is 4.61. The van der Waals surface area contributed by atoms with E-state index in [1.54, 1.807) is 18.3 Å². The van der Waals surface area contributed by atoms with Crippen LogP contribution in [0.15, 0.2) is 42.6 Å². The molecule has 1 aliphatic heterocycles. The minimum absolute atomic E-state index is 0.0869. The second kappa shape index (κ2) is 8.52. The molecule has 2 amide bonds. The molecule has 1 N–H and O–H groups in total. The van der Waals surface area contributed by atoms with Crippen molar-refractivity contribution in [3.8, 4) is 0 Å². The molecule has 1 atom stereocenters. The maximum absolute atomic E-state index is 12.8. The summed E-state index contributed by atoms with van der Waals surface area (Å²) >= 11 is 5.81. The SMILES string of the molecule is CN(C)Cc1ccc([C@@H]2CCCCN2C(=O)Nc2ccc(Cl)nc2)cc1. The summed E-state index contributed by atoms with van der Waals surface area (Å²) in [5.41, 5.74) is 3.12. The van der Waals surface area contributed by atoms with Crippen molar-refractivity contribution in [1.29, 1.82) is 0 Å². The number of likely N-dealkylation sites (tertiary alicyclic amines) is 1. The minimum Gasteiger partial charge on any atom is -0.317 e. The van der Waals surface area contributed by atoms with Crippen LogP contribution in [0.5, 0.6) is 0 Å². The van der Waals surface area contributed by atoms with E-state index in [2.05, 4.69) is 53.6 Å². The first kappa shape index (κ1) is 18.7. The summed E-state index contributed by atoms with van der Waals surface area (Å²) in [6.45, 7) is 1.68. The zero-order valence-corrected chi connectivity index (χ0v) is 16.0. The van der Waals surface area contributed by atoms with Crippen molar-refractivity contribution in [2.45, 2.75) is 31.8 Å². The fourth-order valence-corrected chi connectivity index (χ4v) is 3.49. The maximum Gasteiger partial charge on any atom is 0.322 e. The van der Waals surface area contributed by atoms with Gasteiger partial charge in [-0.05, 0) is 56.6 Å². The van der Waals surface area contributed by atoms with Gasteiger partial charge < -0.3 is 15.1 Å². The Hall–Kier alpha value is -2.11. The summed E-state index contributed by atoms with van der Waals surface area (Å²) in [7, 11) is 4.12. The van der Waals surface area contributed by atoms with Crippen molar-refractivity contribution in [3.05, 3.63) is 58.9 Å². The van der Waals surface area contributed by atoms with Crippen LogP contribution in [0.4, 0.5) is 10.5 Å². The molecular weight excluding hydrogens is 348 g/mol. The average Bonchev–Trinajstić information content (AvgIpc) is 2.64. The number of aromatic nitrogens is 1. The monoisotopic (exact) mass is 372 g/mol. The van der Waals surface area contributed by atoms with Gasteiger partial charge in [0.05, 0.1) is 17.9 Å². The van der Waals surface area contributed by atoms with Gasteiger partial charge in [-0.3, -0.25) is 0 Å². The van der Waals surface area contributed by atoms with Gasteiger partial charge >= 0.3 is 6.03 Å². The Morgan fingerprint density at radius 1 is 1.23 bits per heavy atom. The lowest BCUT2D eigenvalue weighted by Gasteiger charge is -2.36. The lowest BCUT2D eigenvalue weighted by Crippen LogP contribution is -2.41. The van der Waals surface area contributed by atoms with E-state index in [0.29, 0.717) is 10.8 Å². The number of piperidine rings is 1. The van der Waals surface area contributed by atoms with Crippen LogP contribution in [0.1, 0.15) is 36.4 Å². The largest absolute Gasteiger partial charge is 0.322 e. The van der Waals surface area contributed by atoms with E-state index >= 15 is 0 Å². The topological polar surface area (TPSA) is 48.5 Å². The fourth-order valence-electron chi connectivity index (χ4n) is 3.38. The van der Waals surface area contributed by atoms with Crippen molar-refractivity contribution >= 4 is 23.3 Å². The highest BCUT2D eigenvalue weighted by Gasteiger charge is 2.28. The second-order valence-electron chi connectivity index (χ2n) is 6.98. The standard InChI is InChI=1S/C20H25ClN4O/c1-24(2)14-15-6-8-16(9-7-15)18-5-3-4-12-25(18)20(26)23-17-10-11-19(21)22-13-17/h6-11,13,18H,3-5,12,14H2,1-2H3,(H,23,26)/t18-/m0/s1. The molecule has 0 spiro atoms. The van der Waals surface area contributed by atoms with E-state index in [-0.39, 0.29) is 12.1 Å². The van der Waals surface area contributed by atoms with E-state index in [4.69, 9.17) is 11.6 Å². The van der Waals surface area contributed by atoms with Gasteiger partial charge in [-0.15, -0.1) is 0 Å². The zero-order chi connectivity index (χ0) is 18.5. The molecule has 26 heavy (non-hydrogen) atoms. The van der Waals surface area contributed by atoms with Gasteiger partial charge in [-0.2, -0.15) is 0 Å². The Labute approximate surface area is 160 Å². The Bertz CT molecular complexity index is 730. The highest BCUT2D eigenvalue weighted by atomic mass is 35.5. The Morgan fingerprint density at radius 3 is 2.65 bits per heavy atom. The Balaban J connectivity index is 1.72. The predicted octanol–water partition coefficient (Wildman–Crippen LogP) is 4.56. The van der Waals surface area contributed by atoms with Crippen molar-refractivity contribution in [2.24, 2.45) is 0 Å². The number of rotatable bonds is 4. The highest BCUT2D eigenvalue weighted by molar-refractivity contribution is 6.29. The van der Waals surface area contributed by atoms with Crippen LogP contribution in [0.2, 0.25) is 5.15 Å². The number of nitrogens with zero attached hydrogens (tertiary/aromatic N) is 3. The van der Waals surface area contributed by atoms with Crippen LogP contribution in [0.3, 0.4) is 0 Å². The molecule has 1 saturated heterocycles. The van der Waals surface area contributed by atoms with Crippen molar-refractivity contribution < 1.29 is 4.79 Å². The number of carbonyl (C=O) groups is 1. The average molecular weight is 373 g/mol. The quantitative estimate of drug-likeness (QED) is 0.800. The number of benzene rings is 1. The number of pyridine rings is 1. The lowest BCUT2D eigenvalue weighted by atomic mass is 9.95. The molecule has 0 saturated carbocycles. The van der Waals surface area contributed by atoms with Crippen LogP contribution in [0.25, 0.3) is 0 Å². The summed E-state index contributed by atoms with van der Waals surface area (Å²) in [6, 6.07) is 12.1. The number of anilines is 1. The number of halogens is 1. The van der Waals surface area contributed by atoms with E-state index < -0.39 is 0 Å². The van der Waals surface area contributed by atoms with E-state index in [1.807, 2.05) is 4.90 Å². The molecule has 0 radical (unpaired) electrons. The first-order valence-electron chi connectivity index (χ1n) is 8.95. The predicted molar refractivity (Wildman–Crippen MR) is 105 cm³/mol. The van der Waals surface area contributed by atoms with Gasteiger partial charge in [0.1, 0.15) is 5.15 Å². The maximum atomic E-state index is 12.8. The zero-order valence-electron chi connectivity index (χ0n) is 15.3. The second-order valence-corrected chi connectivity index (χ2v) is 7.37. The molecule has 138 valence electrons. The summed E-state index contributed by atoms with van der Waals surface area (Å²) in [6.07, 6.45) is 4.73. The molecule has 1 fully saturated rings. The van der Waals surface area contributed by atoms with E-state index in [0.717, 1.165) is 32.4 Å². The fraction of sp³-hybridized carbons (Fsp3) is 0.400. The van der Waals surface area contributed by atoms with Crippen LogP contribution in [-0.4, -0.2) is 41.5 Å². The normalized spacial score (nSPS) is 17.4. The Morgan fingerprint density at radius 2 is 2.00 bits per heavy atom. The summed E-state index contributed by atoms with van der Waals surface area (Å²) in [4.78, 5) is 20.9. The molecule has 1 aliphatic rings. The number of carbonyl (C=O) groups excluding carboxylic acids is 1. The molecule has 5 nitrogen and oxygen atoms in total. The van der Waals surface area contributed by atoms with Crippen molar-refractivity contribution in [2.75, 3.05) is 26.0 Å². The van der Waals surface area contributed by atoms with E-state index in [1.165, 1.54) is 11.1 Å². The highest BCUT2D eigenvalue weighted by Crippen LogP contribution is 2.31. The molecule has 2 heterocycles. The lowest BCUT2D eigenvalue weighted by molar-refractivity contribution is 0.163. The molecule has 6 heteroatoms. The number of amides is 2. The first-order chi connectivity index (χ1) is 12.5. The molecule has 1 aromatic carbocycles. The summed E-state index contributed by atoms with van der Waals surface area (Å²) in [5, 5.41) is 3.35. The molecule has 0 aliphatic carbocycles. The number of urea groups is 1. The van der Waals surface area contributed by atoms with Gasteiger partial charge in [0.25, 0.3) is 0 Å². The van der Waals surface area contributed by atoms with E-state index in [9.17, 15) is 4.79 Å². The van der Waals surface area contributed by atoms with Crippen LogP contribution in [-0.2, 0) is 6.54 Å². The van der Waals surface area contributed by atoms with Gasteiger partial charge in [-0.1, -0.05) is 35.9 Å². The van der Waals surface area contributed by atoms with Crippen LogP contribution >= 0.6 is 11.6 Å². The van der Waals surface area contributed by atoms with Gasteiger partial charge in [0.2, 0.25) is 0 Å². The smallest absolute Gasteiger partial charge is 0.317 e. The van der Waals surface area contributed by atoms with Gasteiger partial charge in [-0.25, -0.2) is 9.78 Å². The van der Waals surface area contributed by atoms with Crippen molar-refractivity contribution in [3.63, 3.8) is 0 Å². The molecular formula is C20H25ClN4O. The van der Waals surface area contributed by atoms with Crippen molar-refractivity contribution in [1.82, 2.24) is 14.8 Å². The third kappa shape index (κ3) is 4.74. The first-order valence-corrected chi connectivity index (χ1v) is 9.33. The molecule has 1 aromatic heterocycles. The molecule has 0 unspecified atom stereocenters. The van der Waals surface area contributed by atoms with Gasteiger partial charge in [0.15, 0.2) is 0 Å². The van der Waals surface area contributed by atoms with Crippen LogP contribution < -0.4 is 5.32 Å².